The third kappa shape index (κ3) is 4.08. The Kier molecular flexibility index (Phi) is 7.34. The first-order chi connectivity index (χ1) is 15.0. The second kappa shape index (κ2) is 9.69. The van der Waals surface area contributed by atoms with Crippen molar-refractivity contribution in [3.05, 3.63) is 75.4 Å². The quantitative estimate of drug-likeness (QED) is 0.367. The second-order valence-corrected chi connectivity index (χ2v) is 8.56. The van der Waals surface area contributed by atoms with Gasteiger partial charge in [-0.15, -0.1) is 24.8 Å². The summed E-state index contributed by atoms with van der Waals surface area (Å²) in [5.74, 6) is 0. The molecule has 0 saturated heterocycles. The number of nitrogens with zero attached hydrogens (tertiary/aromatic N) is 4. The third-order valence-corrected chi connectivity index (χ3v) is 6.21. The van der Waals surface area contributed by atoms with Crippen LogP contribution in [-0.4, -0.2) is 59.5 Å². The fourth-order valence-electron chi connectivity index (χ4n) is 4.51. The van der Waals surface area contributed by atoms with Gasteiger partial charge in [0.25, 0.3) is 5.56 Å². The van der Waals surface area contributed by atoms with Gasteiger partial charge in [0.15, 0.2) is 0 Å². The molecule has 0 spiro atoms. The van der Waals surface area contributed by atoms with Crippen molar-refractivity contribution in [1.82, 2.24) is 18.8 Å². The van der Waals surface area contributed by atoms with Crippen molar-refractivity contribution in [3.63, 3.8) is 0 Å². The molecule has 8 heteroatoms. The molecule has 0 fully saturated rings. The maximum Gasteiger partial charge on any atom is 0.336 e. The Morgan fingerprint density at radius 3 is 2.21 bits per heavy atom. The van der Waals surface area contributed by atoms with Crippen molar-refractivity contribution in [2.24, 2.45) is 0 Å². The molecule has 6 nitrogen and oxygen atoms in total. The Hall–Kier alpha value is -2.64. The van der Waals surface area contributed by atoms with Gasteiger partial charge in [0.2, 0.25) is 0 Å². The van der Waals surface area contributed by atoms with Crippen molar-refractivity contribution >= 4 is 62.8 Å². The summed E-state index contributed by atoms with van der Waals surface area (Å²) in [7, 11) is 6.09. The molecule has 5 rings (SSSR count). The minimum atomic E-state index is -0.264. The molecule has 0 bridgehead atoms. The van der Waals surface area contributed by atoms with Gasteiger partial charge in [0, 0.05) is 37.0 Å². The van der Waals surface area contributed by atoms with Crippen LogP contribution in [0.4, 0.5) is 0 Å². The van der Waals surface area contributed by atoms with Crippen molar-refractivity contribution < 1.29 is 0 Å². The summed E-state index contributed by atoms with van der Waals surface area (Å²) in [5.41, 5.74) is 1.10. The van der Waals surface area contributed by atoms with Crippen LogP contribution < -0.4 is 11.2 Å². The van der Waals surface area contributed by atoms with Gasteiger partial charge >= 0.3 is 5.69 Å². The Morgan fingerprint density at radius 2 is 1.45 bits per heavy atom. The summed E-state index contributed by atoms with van der Waals surface area (Å²) < 4.78 is 3.12. The molecule has 0 aliphatic carbocycles. The van der Waals surface area contributed by atoms with E-state index in [0.29, 0.717) is 18.5 Å². The van der Waals surface area contributed by atoms with E-state index in [-0.39, 0.29) is 36.1 Å². The molecule has 0 aliphatic heterocycles. The zero-order chi connectivity index (χ0) is 21.7. The lowest BCUT2D eigenvalue weighted by atomic mass is 10.0. The predicted molar refractivity (Wildman–Crippen MR) is 142 cm³/mol. The maximum atomic E-state index is 13.5. The van der Waals surface area contributed by atoms with E-state index >= 15 is 0 Å². The molecule has 2 aromatic heterocycles. The average molecular weight is 487 g/mol. The Labute approximate surface area is 204 Å². The number of hydrogen-bond acceptors (Lipinski definition) is 4. The van der Waals surface area contributed by atoms with E-state index in [9.17, 15) is 9.59 Å². The van der Waals surface area contributed by atoms with Crippen LogP contribution >= 0.6 is 24.8 Å². The number of hydrogen-bond donors (Lipinski definition) is 0. The van der Waals surface area contributed by atoms with E-state index in [1.807, 2.05) is 63.6 Å². The van der Waals surface area contributed by atoms with Crippen LogP contribution in [0.15, 0.2) is 64.2 Å². The molecule has 33 heavy (non-hydrogen) atoms. The van der Waals surface area contributed by atoms with Gasteiger partial charge in [-0.3, -0.25) is 13.8 Å². The fourth-order valence-corrected chi connectivity index (χ4v) is 4.51. The first-order valence-electron chi connectivity index (χ1n) is 10.6. The highest BCUT2D eigenvalue weighted by Gasteiger charge is 2.19. The first-order valence-corrected chi connectivity index (χ1v) is 10.6. The lowest BCUT2D eigenvalue weighted by Crippen LogP contribution is -2.40. The number of halogens is 2. The van der Waals surface area contributed by atoms with Crippen molar-refractivity contribution in [2.45, 2.75) is 6.54 Å². The van der Waals surface area contributed by atoms with Gasteiger partial charge < -0.3 is 9.80 Å². The van der Waals surface area contributed by atoms with Crippen molar-refractivity contribution in [3.8, 4) is 0 Å². The van der Waals surface area contributed by atoms with Gasteiger partial charge in [-0.25, -0.2) is 4.79 Å². The van der Waals surface area contributed by atoms with E-state index in [0.717, 1.165) is 45.7 Å². The average Bonchev–Trinajstić information content (AvgIpc) is 3.12. The minimum Gasteiger partial charge on any atom is -0.308 e. The number of para-hydroxylation sites is 1. The molecule has 0 radical (unpaired) electrons. The summed E-state index contributed by atoms with van der Waals surface area (Å²) in [5, 5.41) is 4.79. The van der Waals surface area contributed by atoms with E-state index in [2.05, 4.69) is 21.9 Å². The molecule has 174 valence electrons. The molecule has 2 heterocycles. The molecule has 0 unspecified atom stereocenters. The van der Waals surface area contributed by atoms with E-state index in [1.165, 1.54) is 4.57 Å². The van der Waals surface area contributed by atoms with E-state index in [1.54, 1.807) is 4.40 Å². The SMILES string of the molecule is CN(C)CCN(C)CCn1c(=O)c2cccc3c4c5ccccc5ccc4n(c1=O)c23.Cl.Cl. The third-order valence-electron chi connectivity index (χ3n) is 6.21. The summed E-state index contributed by atoms with van der Waals surface area (Å²) in [6.07, 6.45) is 0. The summed E-state index contributed by atoms with van der Waals surface area (Å²) in [6.45, 7) is 2.81. The fraction of sp³-hybridized carbons (Fsp3) is 0.280. The molecule has 0 N–H and O–H groups in total. The van der Waals surface area contributed by atoms with Crippen LogP contribution in [0, 0.1) is 0 Å². The highest BCUT2D eigenvalue weighted by molar-refractivity contribution is 6.23. The largest absolute Gasteiger partial charge is 0.336 e. The Balaban J connectivity index is 0.00000153. The monoisotopic (exact) mass is 486 g/mol. The molecule has 0 atom stereocenters. The molecule has 5 aromatic rings. The smallest absolute Gasteiger partial charge is 0.308 e. The number of rotatable bonds is 6. The van der Waals surface area contributed by atoms with Crippen LogP contribution in [0.2, 0.25) is 0 Å². The first kappa shape index (κ1) is 25.0. The van der Waals surface area contributed by atoms with Crippen molar-refractivity contribution in [2.75, 3.05) is 40.8 Å². The summed E-state index contributed by atoms with van der Waals surface area (Å²) in [6, 6.07) is 18.0. The molecule has 0 aliphatic rings. The van der Waals surface area contributed by atoms with Crippen LogP contribution in [0.5, 0.6) is 0 Å². The van der Waals surface area contributed by atoms with Gasteiger partial charge in [-0.2, -0.15) is 0 Å². The summed E-state index contributed by atoms with van der Waals surface area (Å²) >= 11 is 0. The van der Waals surface area contributed by atoms with Crippen LogP contribution in [0.25, 0.3) is 38.0 Å². The summed E-state index contributed by atoms with van der Waals surface area (Å²) in [4.78, 5) is 31.1. The predicted octanol–water partition coefficient (Wildman–Crippen LogP) is 3.70. The molecule has 0 amide bonds. The van der Waals surface area contributed by atoms with Crippen molar-refractivity contribution in [1.29, 1.82) is 0 Å². The Morgan fingerprint density at radius 1 is 0.758 bits per heavy atom. The second-order valence-electron chi connectivity index (χ2n) is 8.56. The minimum absolute atomic E-state index is 0. The Bertz CT molecular complexity index is 1540. The van der Waals surface area contributed by atoms with Crippen LogP contribution in [-0.2, 0) is 6.54 Å². The van der Waals surface area contributed by atoms with E-state index < -0.39 is 0 Å². The van der Waals surface area contributed by atoms with Gasteiger partial charge in [-0.05, 0) is 44.0 Å². The molecule has 0 saturated carbocycles. The molecular formula is C25H28Cl2N4O2. The lowest BCUT2D eigenvalue weighted by molar-refractivity contribution is 0.271. The number of aromatic nitrogens is 2. The van der Waals surface area contributed by atoms with Crippen LogP contribution in [0.3, 0.4) is 0 Å². The van der Waals surface area contributed by atoms with Gasteiger partial charge in [0.05, 0.1) is 16.4 Å². The maximum absolute atomic E-state index is 13.5. The molecule has 3 aromatic carbocycles. The standard InChI is InChI=1S/C25H26N4O2.2ClH/c1-26(2)13-14-27(3)15-16-28-24(30)20-10-6-9-19-22-18-8-5-4-7-17(18)11-12-21(22)29(23(19)20)25(28)31;;/h4-12H,13-16H2,1-3H3;2*1H. The normalized spacial score (nSPS) is 11.7. The number of benzene rings is 3. The lowest BCUT2D eigenvalue weighted by Gasteiger charge is -2.19. The number of fused-ring (bicyclic) bond motifs is 5. The highest BCUT2D eigenvalue weighted by atomic mass is 35.5. The zero-order valence-electron chi connectivity index (χ0n) is 18.9. The van der Waals surface area contributed by atoms with Gasteiger partial charge in [0.1, 0.15) is 0 Å². The highest BCUT2D eigenvalue weighted by Crippen LogP contribution is 2.34. The van der Waals surface area contributed by atoms with E-state index in [4.69, 9.17) is 0 Å². The molecular weight excluding hydrogens is 459 g/mol. The van der Waals surface area contributed by atoms with Gasteiger partial charge in [-0.1, -0.05) is 42.5 Å². The topological polar surface area (TPSA) is 50.0 Å². The van der Waals surface area contributed by atoms with Crippen LogP contribution in [0.1, 0.15) is 0 Å². The zero-order valence-corrected chi connectivity index (χ0v) is 20.6. The number of likely N-dealkylation sites (N-methyl/N-ethyl adjacent to an activating group) is 2.